The van der Waals surface area contributed by atoms with Gasteiger partial charge in [0.05, 0.1) is 29.3 Å². The summed E-state index contributed by atoms with van der Waals surface area (Å²) in [6, 6.07) is 13.8. The van der Waals surface area contributed by atoms with Gasteiger partial charge in [-0.15, -0.1) is 0 Å². The third kappa shape index (κ3) is 5.35. The molecule has 0 bridgehead atoms. The summed E-state index contributed by atoms with van der Waals surface area (Å²) in [4.78, 5) is 0. The lowest BCUT2D eigenvalue weighted by Crippen LogP contribution is -2.01. The highest BCUT2D eigenvalue weighted by molar-refractivity contribution is 9.10. The first-order valence-electron chi connectivity index (χ1n) is 8.05. The van der Waals surface area contributed by atoms with Crippen molar-refractivity contribution in [2.24, 2.45) is 0 Å². The predicted octanol–water partition coefficient (Wildman–Crippen LogP) is 6.46. The Morgan fingerprint density at radius 2 is 1.84 bits per heavy atom. The molecule has 0 N–H and O–H groups in total. The number of hydrogen-bond acceptors (Lipinski definition) is 3. The van der Waals surface area contributed by atoms with Gasteiger partial charge in [-0.05, 0) is 70.7 Å². The SMILES string of the molecule is CCCOc1c(Br)cc(/C=C(\C#N)c2ccc(Br)cc2)cc1OCC. The van der Waals surface area contributed by atoms with Gasteiger partial charge in [0, 0.05) is 4.47 Å². The Morgan fingerprint density at radius 1 is 1.12 bits per heavy atom. The van der Waals surface area contributed by atoms with Crippen LogP contribution in [-0.2, 0) is 0 Å². The van der Waals surface area contributed by atoms with Crippen molar-refractivity contribution in [3.63, 3.8) is 0 Å². The van der Waals surface area contributed by atoms with E-state index in [4.69, 9.17) is 9.47 Å². The van der Waals surface area contributed by atoms with E-state index in [1.165, 1.54) is 0 Å². The van der Waals surface area contributed by atoms with Crippen molar-refractivity contribution >= 4 is 43.5 Å². The van der Waals surface area contributed by atoms with Crippen molar-refractivity contribution in [3.8, 4) is 17.6 Å². The number of nitrogens with zero attached hydrogens (tertiary/aromatic N) is 1. The zero-order chi connectivity index (χ0) is 18.2. The van der Waals surface area contributed by atoms with Crippen LogP contribution in [0, 0.1) is 11.3 Å². The maximum atomic E-state index is 9.53. The van der Waals surface area contributed by atoms with E-state index in [0.717, 1.165) is 26.5 Å². The molecule has 2 aromatic rings. The van der Waals surface area contributed by atoms with Gasteiger partial charge in [0.15, 0.2) is 11.5 Å². The van der Waals surface area contributed by atoms with Crippen LogP contribution in [0.3, 0.4) is 0 Å². The molecule has 0 aromatic heterocycles. The molecule has 2 rings (SSSR count). The van der Waals surface area contributed by atoms with Crippen LogP contribution < -0.4 is 9.47 Å². The Hall–Kier alpha value is -1.77. The molecule has 0 atom stereocenters. The Labute approximate surface area is 165 Å². The topological polar surface area (TPSA) is 42.2 Å². The first-order chi connectivity index (χ1) is 12.1. The minimum atomic E-state index is 0.542. The highest BCUT2D eigenvalue weighted by Crippen LogP contribution is 2.38. The second kappa shape index (κ2) is 9.65. The number of hydrogen-bond donors (Lipinski definition) is 0. The Kier molecular flexibility index (Phi) is 7.54. The van der Waals surface area contributed by atoms with Gasteiger partial charge in [0.1, 0.15) is 0 Å². The summed E-state index contributed by atoms with van der Waals surface area (Å²) in [5.41, 5.74) is 2.33. The zero-order valence-corrected chi connectivity index (χ0v) is 17.4. The fourth-order valence-corrected chi connectivity index (χ4v) is 3.09. The van der Waals surface area contributed by atoms with E-state index >= 15 is 0 Å². The van der Waals surface area contributed by atoms with Crippen LogP contribution in [-0.4, -0.2) is 13.2 Å². The van der Waals surface area contributed by atoms with Crippen molar-refractivity contribution in [3.05, 3.63) is 56.5 Å². The Bertz CT molecular complexity index is 793. The third-order valence-electron chi connectivity index (χ3n) is 3.37. The molecule has 0 radical (unpaired) electrons. The van der Waals surface area contributed by atoms with E-state index in [0.29, 0.717) is 30.3 Å². The first kappa shape index (κ1) is 19.6. The summed E-state index contributed by atoms with van der Waals surface area (Å²) in [5.74, 6) is 1.37. The molecule has 2 aromatic carbocycles. The molecule has 0 aliphatic carbocycles. The summed E-state index contributed by atoms with van der Waals surface area (Å²) in [6.07, 6.45) is 2.77. The summed E-state index contributed by atoms with van der Waals surface area (Å²) in [5, 5.41) is 9.53. The van der Waals surface area contributed by atoms with Gasteiger partial charge in [-0.3, -0.25) is 0 Å². The summed E-state index contributed by atoms with van der Waals surface area (Å²) in [7, 11) is 0. The standard InChI is InChI=1S/C20H19Br2NO2/c1-3-9-25-20-18(22)11-14(12-19(20)24-4-2)10-16(13-23)15-5-7-17(21)8-6-15/h5-8,10-12H,3-4,9H2,1-2H3/b16-10+. The Balaban J connectivity index is 2.43. The lowest BCUT2D eigenvalue weighted by molar-refractivity contribution is 0.275. The lowest BCUT2D eigenvalue weighted by Gasteiger charge is -2.14. The second-order valence-electron chi connectivity index (χ2n) is 5.29. The molecule has 0 heterocycles. The van der Waals surface area contributed by atoms with Crippen LogP contribution in [0.25, 0.3) is 11.6 Å². The van der Waals surface area contributed by atoms with Crippen molar-refractivity contribution in [1.82, 2.24) is 0 Å². The third-order valence-corrected chi connectivity index (χ3v) is 4.49. The second-order valence-corrected chi connectivity index (χ2v) is 7.06. The van der Waals surface area contributed by atoms with Crippen molar-refractivity contribution < 1.29 is 9.47 Å². The fraction of sp³-hybridized carbons (Fsp3) is 0.250. The van der Waals surface area contributed by atoms with Crippen LogP contribution in [0.2, 0.25) is 0 Å². The van der Waals surface area contributed by atoms with E-state index in [1.807, 2.05) is 49.4 Å². The van der Waals surface area contributed by atoms with Gasteiger partial charge in [-0.2, -0.15) is 5.26 Å². The number of rotatable bonds is 7. The maximum Gasteiger partial charge on any atom is 0.175 e. The largest absolute Gasteiger partial charge is 0.490 e. The average molecular weight is 465 g/mol. The molecule has 0 aliphatic heterocycles. The van der Waals surface area contributed by atoms with Crippen LogP contribution in [0.1, 0.15) is 31.4 Å². The fourth-order valence-electron chi connectivity index (χ4n) is 2.25. The van der Waals surface area contributed by atoms with Crippen molar-refractivity contribution in [1.29, 1.82) is 5.26 Å². The minimum absolute atomic E-state index is 0.542. The quantitative estimate of drug-likeness (QED) is 0.348. The van der Waals surface area contributed by atoms with Crippen LogP contribution >= 0.6 is 31.9 Å². The highest BCUT2D eigenvalue weighted by atomic mass is 79.9. The van der Waals surface area contributed by atoms with Crippen molar-refractivity contribution in [2.45, 2.75) is 20.3 Å². The van der Waals surface area contributed by atoms with Crippen LogP contribution in [0.15, 0.2) is 45.3 Å². The molecule has 0 amide bonds. The van der Waals surface area contributed by atoms with E-state index in [9.17, 15) is 5.26 Å². The lowest BCUT2D eigenvalue weighted by atomic mass is 10.0. The molecule has 0 saturated carbocycles. The number of allylic oxidation sites excluding steroid dienone is 1. The van der Waals surface area contributed by atoms with Gasteiger partial charge >= 0.3 is 0 Å². The normalized spacial score (nSPS) is 11.1. The molecular formula is C20H19Br2NO2. The van der Waals surface area contributed by atoms with Gasteiger partial charge in [-0.1, -0.05) is 35.0 Å². The number of benzene rings is 2. The molecule has 0 saturated heterocycles. The summed E-state index contributed by atoms with van der Waals surface area (Å²) < 4.78 is 13.3. The zero-order valence-electron chi connectivity index (χ0n) is 14.2. The smallest absolute Gasteiger partial charge is 0.175 e. The highest BCUT2D eigenvalue weighted by Gasteiger charge is 2.12. The van der Waals surface area contributed by atoms with Gasteiger partial charge < -0.3 is 9.47 Å². The molecule has 0 aliphatic rings. The van der Waals surface area contributed by atoms with Gasteiger partial charge in [0.2, 0.25) is 0 Å². The van der Waals surface area contributed by atoms with Crippen molar-refractivity contribution in [2.75, 3.05) is 13.2 Å². The molecule has 0 fully saturated rings. The van der Waals surface area contributed by atoms with Crippen LogP contribution in [0.5, 0.6) is 11.5 Å². The molecule has 25 heavy (non-hydrogen) atoms. The molecule has 0 unspecified atom stereocenters. The molecule has 5 heteroatoms. The average Bonchev–Trinajstić information content (AvgIpc) is 2.60. The van der Waals surface area contributed by atoms with E-state index < -0.39 is 0 Å². The number of nitriles is 1. The van der Waals surface area contributed by atoms with Gasteiger partial charge in [0.25, 0.3) is 0 Å². The molecular weight excluding hydrogens is 446 g/mol. The number of ether oxygens (including phenoxy) is 2. The van der Waals surface area contributed by atoms with E-state index in [2.05, 4.69) is 44.9 Å². The molecule has 0 spiro atoms. The van der Waals surface area contributed by atoms with Gasteiger partial charge in [-0.25, -0.2) is 0 Å². The minimum Gasteiger partial charge on any atom is -0.490 e. The molecule has 130 valence electrons. The predicted molar refractivity (Wildman–Crippen MR) is 109 cm³/mol. The summed E-state index contributed by atoms with van der Waals surface area (Å²) >= 11 is 6.96. The van der Waals surface area contributed by atoms with Crippen LogP contribution in [0.4, 0.5) is 0 Å². The van der Waals surface area contributed by atoms with E-state index in [-0.39, 0.29) is 0 Å². The summed E-state index contributed by atoms with van der Waals surface area (Å²) in [6.45, 7) is 5.15. The van der Waals surface area contributed by atoms with E-state index in [1.54, 1.807) is 0 Å². The number of halogens is 2. The molecule has 3 nitrogen and oxygen atoms in total. The Morgan fingerprint density at radius 3 is 2.44 bits per heavy atom. The maximum absolute atomic E-state index is 9.53. The first-order valence-corrected chi connectivity index (χ1v) is 9.64. The monoisotopic (exact) mass is 463 g/mol.